The van der Waals surface area contributed by atoms with Gasteiger partial charge in [-0.05, 0) is 19.8 Å². The first-order valence-corrected chi connectivity index (χ1v) is 7.09. The first kappa shape index (κ1) is 15.2. The Balaban J connectivity index is 2.17. The number of anilines is 3. The molecular weight excluding hydrogens is 272 g/mol. The topological polar surface area (TPSA) is 112 Å². The minimum atomic E-state index is -0.0783. The molecule has 0 radical (unpaired) electrons. The first-order chi connectivity index (χ1) is 10.1. The van der Waals surface area contributed by atoms with E-state index in [2.05, 4.69) is 30.6 Å². The summed E-state index contributed by atoms with van der Waals surface area (Å²) < 4.78 is 0. The number of carbonyl (C=O) groups is 1. The maximum Gasteiger partial charge on any atom is 0.243 e. The van der Waals surface area contributed by atoms with Crippen LogP contribution < -0.4 is 26.4 Å². The Bertz CT molecular complexity index is 488. The van der Waals surface area contributed by atoms with Gasteiger partial charge in [0.1, 0.15) is 0 Å². The third-order valence-corrected chi connectivity index (χ3v) is 3.23. The number of nitrogens with two attached hydrogens (primary N) is 1. The fraction of sp³-hybridized carbons (Fsp3) is 0.667. The predicted octanol–water partition coefficient (Wildman–Crippen LogP) is -0.670. The van der Waals surface area contributed by atoms with Crippen molar-refractivity contribution < 1.29 is 4.79 Å². The van der Waals surface area contributed by atoms with Crippen molar-refractivity contribution in [3.8, 4) is 0 Å². The quantitative estimate of drug-likeness (QED) is 0.468. The Morgan fingerprint density at radius 3 is 2.67 bits per heavy atom. The molecule has 2 heterocycles. The lowest BCUT2D eigenvalue weighted by atomic mass is 10.4. The number of rotatable bonds is 6. The van der Waals surface area contributed by atoms with E-state index in [9.17, 15) is 4.79 Å². The Hall–Kier alpha value is -2.16. The molecule has 1 aromatic heterocycles. The number of likely N-dealkylation sites (N-methyl/N-ethyl adjacent to an activating group) is 2. The Labute approximate surface area is 123 Å². The number of hydrogen-bond acceptors (Lipinski definition) is 8. The van der Waals surface area contributed by atoms with Crippen LogP contribution in [0.3, 0.4) is 0 Å². The number of nitrogens with one attached hydrogen (secondary N) is 2. The fourth-order valence-corrected chi connectivity index (χ4v) is 2.19. The van der Waals surface area contributed by atoms with Crippen LogP contribution in [0.4, 0.5) is 17.8 Å². The molecule has 0 unspecified atom stereocenters. The lowest BCUT2D eigenvalue weighted by Crippen LogP contribution is -2.36. The molecule has 1 aromatic rings. The second-order valence-electron chi connectivity index (χ2n) is 4.91. The van der Waals surface area contributed by atoms with E-state index in [0.29, 0.717) is 24.4 Å². The smallest absolute Gasteiger partial charge is 0.243 e. The number of amides is 1. The molecular formula is C12H22N8O. The van der Waals surface area contributed by atoms with Gasteiger partial charge in [-0.2, -0.15) is 15.0 Å². The number of nitrogen functional groups attached to an aromatic ring is 1. The summed E-state index contributed by atoms with van der Waals surface area (Å²) in [5, 5.41) is 2.74. The Morgan fingerprint density at radius 1 is 1.33 bits per heavy atom. The van der Waals surface area contributed by atoms with Crippen molar-refractivity contribution in [2.45, 2.75) is 19.8 Å². The third-order valence-electron chi connectivity index (χ3n) is 3.23. The molecule has 1 fully saturated rings. The number of hydrazine groups is 1. The van der Waals surface area contributed by atoms with Crippen LogP contribution in [-0.2, 0) is 4.79 Å². The molecule has 0 aliphatic carbocycles. The molecule has 1 amide bonds. The average Bonchev–Trinajstić information content (AvgIpc) is 3.01. The number of carbonyl (C=O) groups excluding carboxylic acids is 1. The van der Waals surface area contributed by atoms with Crippen molar-refractivity contribution in [2.24, 2.45) is 5.84 Å². The van der Waals surface area contributed by atoms with E-state index >= 15 is 0 Å². The highest BCUT2D eigenvalue weighted by Gasteiger charge is 2.19. The molecule has 0 spiro atoms. The molecule has 21 heavy (non-hydrogen) atoms. The molecule has 0 aromatic carbocycles. The van der Waals surface area contributed by atoms with Crippen LogP contribution in [0.5, 0.6) is 0 Å². The summed E-state index contributed by atoms with van der Waals surface area (Å²) in [6.07, 6.45) is 2.25. The summed E-state index contributed by atoms with van der Waals surface area (Å²) >= 11 is 0. The molecule has 9 heteroatoms. The predicted molar refractivity (Wildman–Crippen MR) is 81.0 cm³/mol. The summed E-state index contributed by atoms with van der Waals surface area (Å²) in [5.74, 6) is 6.65. The minimum absolute atomic E-state index is 0.0783. The van der Waals surface area contributed by atoms with Crippen LogP contribution in [0.25, 0.3) is 0 Å². The monoisotopic (exact) mass is 294 g/mol. The zero-order valence-electron chi connectivity index (χ0n) is 12.5. The van der Waals surface area contributed by atoms with Gasteiger partial charge in [0.05, 0.1) is 6.54 Å². The van der Waals surface area contributed by atoms with Gasteiger partial charge in [-0.25, -0.2) is 5.84 Å². The van der Waals surface area contributed by atoms with Crippen LogP contribution in [0.1, 0.15) is 19.8 Å². The molecule has 9 nitrogen and oxygen atoms in total. The lowest BCUT2D eigenvalue weighted by Gasteiger charge is -2.20. The van der Waals surface area contributed by atoms with Crippen LogP contribution in [0, 0.1) is 0 Å². The van der Waals surface area contributed by atoms with E-state index < -0.39 is 0 Å². The molecule has 0 saturated carbocycles. The summed E-state index contributed by atoms with van der Waals surface area (Å²) in [6.45, 7) is 4.50. The van der Waals surface area contributed by atoms with E-state index in [1.54, 1.807) is 11.9 Å². The highest BCUT2D eigenvalue weighted by atomic mass is 16.2. The normalized spacial score (nSPS) is 14.1. The molecule has 1 aliphatic rings. The molecule has 4 N–H and O–H groups in total. The second-order valence-corrected chi connectivity index (χ2v) is 4.91. The zero-order chi connectivity index (χ0) is 15.2. The van der Waals surface area contributed by atoms with Gasteiger partial charge in [0.2, 0.25) is 23.8 Å². The maximum absolute atomic E-state index is 11.6. The van der Waals surface area contributed by atoms with Gasteiger partial charge in [-0.1, -0.05) is 0 Å². The molecule has 116 valence electrons. The van der Waals surface area contributed by atoms with Crippen molar-refractivity contribution >= 4 is 23.8 Å². The maximum atomic E-state index is 11.6. The fourth-order valence-electron chi connectivity index (χ4n) is 2.19. The summed E-state index contributed by atoms with van der Waals surface area (Å²) in [6, 6.07) is 0. The van der Waals surface area contributed by atoms with Gasteiger partial charge in [0.25, 0.3) is 0 Å². The first-order valence-electron chi connectivity index (χ1n) is 7.09. The Kier molecular flexibility index (Phi) is 5.09. The van der Waals surface area contributed by atoms with Gasteiger partial charge in [-0.3, -0.25) is 10.2 Å². The molecule has 0 atom stereocenters. The number of aromatic nitrogens is 3. The standard InChI is InChI=1S/C12H22N8O/c1-3-14-9(21)8-19(2)11-15-10(18-13)16-12(17-11)20-6-4-5-7-20/h3-8,13H2,1-2H3,(H,14,21)(H,15,16,17,18). The van der Waals surface area contributed by atoms with E-state index in [1.165, 1.54) is 0 Å². The van der Waals surface area contributed by atoms with Crippen molar-refractivity contribution in [3.05, 3.63) is 0 Å². The van der Waals surface area contributed by atoms with Crippen molar-refractivity contribution in [1.82, 2.24) is 20.3 Å². The highest BCUT2D eigenvalue weighted by Crippen LogP contribution is 2.19. The van der Waals surface area contributed by atoms with Crippen LogP contribution in [0.2, 0.25) is 0 Å². The van der Waals surface area contributed by atoms with Gasteiger partial charge in [0.15, 0.2) is 0 Å². The SMILES string of the molecule is CCNC(=O)CN(C)c1nc(NN)nc(N2CCCC2)n1. The molecule has 1 saturated heterocycles. The number of nitrogens with zero attached hydrogens (tertiary/aromatic N) is 5. The van der Waals surface area contributed by atoms with E-state index in [-0.39, 0.29) is 12.5 Å². The van der Waals surface area contributed by atoms with Crippen molar-refractivity contribution in [2.75, 3.05) is 48.5 Å². The van der Waals surface area contributed by atoms with E-state index in [1.807, 2.05) is 6.92 Å². The number of hydrogen-bond donors (Lipinski definition) is 3. The van der Waals surface area contributed by atoms with Gasteiger partial charge in [0, 0.05) is 26.7 Å². The van der Waals surface area contributed by atoms with Crippen LogP contribution in [-0.4, -0.2) is 54.1 Å². The molecule has 2 rings (SSSR count). The zero-order valence-corrected chi connectivity index (χ0v) is 12.5. The van der Waals surface area contributed by atoms with Crippen molar-refractivity contribution in [3.63, 3.8) is 0 Å². The minimum Gasteiger partial charge on any atom is -0.355 e. The second kappa shape index (κ2) is 7.02. The lowest BCUT2D eigenvalue weighted by molar-refractivity contribution is -0.119. The Morgan fingerprint density at radius 2 is 2.05 bits per heavy atom. The van der Waals surface area contributed by atoms with Gasteiger partial charge in [-0.15, -0.1) is 0 Å². The summed E-state index contributed by atoms with van der Waals surface area (Å²) in [7, 11) is 1.76. The van der Waals surface area contributed by atoms with Gasteiger partial charge < -0.3 is 15.1 Å². The molecule has 0 bridgehead atoms. The summed E-state index contributed by atoms with van der Waals surface area (Å²) in [5.41, 5.74) is 2.45. The van der Waals surface area contributed by atoms with Crippen LogP contribution in [0.15, 0.2) is 0 Å². The van der Waals surface area contributed by atoms with E-state index in [0.717, 1.165) is 25.9 Å². The van der Waals surface area contributed by atoms with Crippen LogP contribution >= 0.6 is 0 Å². The highest BCUT2D eigenvalue weighted by molar-refractivity contribution is 5.80. The third kappa shape index (κ3) is 3.91. The largest absolute Gasteiger partial charge is 0.355 e. The average molecular weight is 294 g/mol. The van der Waals surface area contributed by atoms with E-state index in [4.69, 9.17) is 5.84 Å². The molecule has 1 aliphatic heterocycles. The van der Waals surface area contributed by atoms with Gasteiger partial charge >= 0.3 is 0 Å². The van der Waals surface area contributed by atoms with Crippen molar-refractivity contribution in [1.29, 1.82) is 0 Å². The summed E-state index contributed by atoms with van der Waals surface area (Å²) in [4.78, 5) is 28.3.